The average Bonchev–Trinajstić information content (AvgIpc) is 3.19. The van der Waals surface area contributed by atoms with E-state index in [9.17, 15) is 10.2 Å². The number of nitrogens with zero attached hydrogens (tertiary/aromatic N) is 3. The highest BCUT2D eigenvalue weighted by atomic mass is 16.3. The standard InChI is InChI=1S/C46H43N5O2/c1-49-25-23-36(43-7-3-5-9-45(43)49)17-11-34-13-19-38(20-14-34)47-40-31-41(33-42(32-40)51(27-29-52)28-30-53)48-39-21-15-35(16-22-39)12-18-37-24-26-50(2)46-10-6-4-8-44(37)46/h3-26,31-33,52-53H,27-30H2,1-2H3/p+2. The van der Waals surface area contributed by atoms with E-state index < -0.39 is 0 Å². The first-order valence-corrected chi connectivity index (χ1v) is 17.9. The second kappa shape index (κ2) is 16.4. The summed E-state index contributed by atoms with van der Waals surface area (Å²) in [5.74, 6) is 0. The van der Waals surface area contributed by atoms with Gasteiger partial charge in [0, 0.05) is 65.8 Å². The minimum absolute atomic E-state index is 0.0151. The van der Waals surface area contributed by atoms with E-state index in [1.165, 1.54) is 32.9 Å². The zero-order chi connectivity index (χ0) is 36.6. The molecule has 7 heteroatoms. The topological polar surface area (TPSA) is 75.5 Å². The summed E-state index contributed by atoms with van der Waals surface area (Å²) in [4.78, 5) is 1.98. The van der Waals surface area contributed by atoms with Crippen LogP contribution in [0.1, 0.15) is 22.3 Å². The van der Waals surface area contributed by atoms with Crippen molar-refractivity contribution < 1.29 is 19.3 Å². The molecule has 2 aromatic heterocycles. The first kappa shape index (κ1) is 35.1. The SMILES string of the molecule is C[n+]1ccc(/C=C/c2ccc(Nc3cc(Nc4ccc(/C=C/c5cc[n+](C)c6ccccc56)cc4)cc(N(CCO)CCO)c3)cc2)c2ccccc21. The van der Waals surface area contributed by atoms with Crippen LogP contribution in [0.15, 0.2) is 140 Å². The molecular weight excluding hydrogens is 655 g/mol. The highest BCUT2D eigenvalue weighted by Crippen LogP contribution is 2.31. The molecule has 4 N–H and O–H groups in total. The molecule has 53 heavy (non-hydrogen) atoms. The van der Waals surface area contributed by atoms with Gasteiger partial charge in [-0.3, -0.25) is 0 Å². The molecule has 7 aromatic rings. The third kappa shape index (κ3) is 8.45. The highest BCUT2D eigenvalue weighted by Gasteiger charge is 2.11. The molecule has 0 saturated heterocycles. The number of aliphatic hydroxyl groups excluding tert-OH is 2. The predicted molar refractivity (Wildman–Crippen MR) is 220 cm³/mol. The molecule has 0 bridgehead atoms. The molecule has 7 nitrogen and oxygen atoms in total. The number of hydrogen-bond donors (Lipinski definition) is 4. The highest BCUT2D eigenvalue weighted by molar-refractivity contribution is 5.90. The van der Waals surface area contributed by atoms with Crippen molar-refractivity contribution in [3.8, 4) is 0 Å². The normalized spacial score (nSPS) is 11.5. The minimum Gasteiger partial charge on any atom is -0.395 e. The summed E-state index contributed by atoms with van der Waals surface area (Å²) in [5.41, 5.74) is 11.5. The van der Waals surface area contributed by atoms with Gasteiger partial charge in [0.1, 0.15) is 14.1 Å². The van der Waals surface area contributed by atoms with E-state index in [0.717, 1.165) is 39.6 Å². The van der Waals surface area contributed by atoms with Gasteiger partial charge in [0.25, 0.3) is 0 Å². The second-order valence-corrected chi connectivity index (χ2v) is 13.2. The lowest BCUT2D eigenvalue weighted by Gasteiger charge is -2.25. The largest absolute Gasteiger partial charge is 0.395 e. The van der Waals surface area contributed by atoms with Crippen LogP contribution in [0.3, 0.4) is 0 Å². The molecule has 2 heterocycles. The number of aryl methyl sites for hydroxylation is 2. The maximum absolute atomic E-state index is 9.78. The molecule has 0 fully saturated rings. The fourth-order valence-corrected chi connectivity index (χ4v) is 6.68. The number of aromatic nitrogens is 2. The van der Waals surface area contributed by atoms with Crippen molar-refractivity contribution >= 4 is 74.5 Å². The van der Waals surface area contributed by atoms with Crippen LogP contribution in [-0.4, -0.2) is 36.5 Å². The Hall–Kier alpha value is -6.28. The van der Waals surface area contributed by atoms with Crippen molar-refractivity contribution in [2.75, 3.05) is 41.8 Å². The molecule has 0 spiro atoms. The lowest BCUT2D eigenvalue weighted by molar-refractivity contribution is -0.645. The Morgan fingerprint density at radius 2 is 0.943 bits per heavy atom. The monoisotopic (exact) mass is 699 g/mol. The molecule has 7 rings (SSSR count). The van der Waals surface area contributed by atoms with Crippen LogP contribution >= 0.6 is 0 Å². The van der Waals surface area contributed by atoms with Crippen LogP contribution in [0.2, 0.25) is 0 Å². The van der Waals surface area contributed by atoms with E-state index in [2.05, 4.69) is 186 Å². The number of fused-ring (bicyclic) bond motifs is 2. The fourth-order valence-electron chi connectivity index (χ4n) is 6.68. The molecule has 0 atom stereocenters. The number of pyridine rings is 2. The van der Waals surface area contributed by atoms with E-state index in [1.54, 1.807) is 0 Å². The molecule has 0 saturated carbocycles. The molecule has 0 aliphatic carbocycles. The van der Waals surface area contributed by atoms with Crippen LogP contribution in [0.4, 0.5) is 28.4 Å². The molecule has 264 valence electrons. The third-order valence-corrected chi connectivity index (χ3v) is 9.48. The van der Waals surface area contributed by atoms with Crippen molar-refractivity contribution in [3.63, 3.8) is 0 Å². The first-order valence-electron chi connectivity index (χ1n) is 17.9. The zero-order valence-electron chi connectivity index (χ0n) is 30.2. The predicted octanol–water partition coefficient (Wildman–Crippen LogP) is 8.26. The van der Waals surface area contributed by atoms with Gasteiger partial charge in [-0.2, -0.15) is 0 Å². The number of benzene rings is 5. The van der Waals surface area contributed by atoms with Crippen LogP contribution in [0.5, 0.6) is 0 Å². The van der Waals surface area contributed by atoms with E-state index in [-0.39, 0.29) is 13.2 Å². The van der Waals surface area contributed by atoms with Gasteiger partial charge in [0.05, 0.1) is 24.0 Å². The van der Waals surface area contributed by atoms with Crippen molar-refractivity contribution in [3.05, 3.63) is 162 Å². The first-order chi connectivity index (χ1) is 26.0. The maximum Gasteiger partial charge on any atom is 0.212 e. The molecule has 0 unspecified atom stereocenters. The third-order valence-electron chi connectivity index (χ3n) is 9.48. The molecule has 0 radical (unpaired) electrons. The summed E-state index contributed by atoms with van der Waals surface area (Å²) in [5, 5.41) is 29.1. The Labute approximate surface area is 311 Å². The van der Waals surface area contributed by atoms with E-state index in [4.69, 9.17) is 0 Å². The summed E-state index contributed by atoms with van der Waals surface area (Å²) < 4.78 is 4.27. The summed E-state index contributed by atoms with van der Waals surface area (Å²) in [6.45, 7) is 0.794. The second-order valence-electron chi connectivity index (χ2n) is 13.2. The number of rotatable bonds is 13. The Bertz CT molecular complexity index is 2240. The van der Waals surface area contributed by atoms with Gasteiger partial charge in [-0.25, -0.2) is 9.13 Å². The maximum atomic E-state index is 9.78. The van der Waals surface area contributed by atoms with Gasteiger partial charge >= 0.3 is 0 Å². The lowest BCUT2D eigenvalue weighted by atomic mass is 10.1. The van der Waals surface area contributed by atoms with Gasteiger partial charge in [0.2, 0.25) is 11.0 Å². The zero-order valence-corrected chi connectivity index (χ0v) is 30.2. The Kier molecular flexibility index (Phi) is 10.9. The summed E-state index contributed by atoms with van der Waals surface area (Å²) in [6.07, 6.45) is 12.8. The van der Waals surface area contributed by atoms with Crippen LogP contribution < -0.4 is 24.7 Å². The smallest absolute Gasteiger partial charge is 0.212 e. The van der Waals surface area contributed by atoms with Gasteiger partial charge in [0.15, 0.2) is 12.4 Å². The molecular formula is C46H45N5O2+2. The lowest BCUT2D eigenvalue weighted by Crippen LogP contribution is -2.29. The van der Waals surface area contributed by atoms with Crippen molar-refractivity contribution in [2.24, 2.45) is 14.1 Å². The number of nitrogens with one attached hydrogen (secondary N) is 2. The van der Waals surface area contributed by atoms with Gasteiger partial charge in [-0.1, -0.05) is 72.8 Å². The van der Waals surface area contributed by atoms with Gasteiger partial charge < -0.3 is 25.7 Å². The fraction of sp³-hybridized carbons (Fsp3) is 0.130. The van der Waals surface area contributed by atoms with Crippen molar-refractivity contribution in [1.82, 2.24) is 0 Å². The van der Waals surface area contributed by atoms with Crippen molar-refractivity contribution in [2.45, 2.75) is 0 Å². The molecule has 0 amide bonds. The molecule has 5 aromatic carbocycles. The van der Waals surface area contributed by atoms with Gasteiger partial charge in [-0.15, -0.1) is 0 Å². The molecule has 0 aliphatic rings. The summed E-state index contributed by atoms with van der Waals surface area (Å²) >= 11 is 0. The number of aliphatic hydroxyl groups is 2. The quantitative estimate of drug-likeness (QED) is 0.0913. The van der Waals surface area contributed by atoms with Crippen LogP contribution in [0, 0.1) is 0 Å². The van der Waals surface area contributed by atoms with Crippen molar-refractivity contribution in [1.29, 1.82) is 0 Å². The van der Waals surface area contributed by atoms with Crippen LogP contribution in [-0.2, 0) is 14.1 Å². The van der Waals surface area contributed by atoms with Gasteiger partial charge in [-0.05, 0) is 76.9 Å². The average molecular weight is 700 g/mol. The van der Waals surface area contributed by atoms with Crippen LogP contribution in [0.25, 0.3) is 46.1 Å². The molecule has 0 aliphatic heterocycles. The number of hydrogen-bond acceptors (Lipinski definition) is 5. The van der Waals surface area contributed by atoms with E-state index >= 15 is 0 Å². The summed E-state index contributed by atoms with van der Waals surface area (Å²) in [6, 6.07) is 44.0. The Morgan fingerprint density at radius 1 is 0.509 bits per heavy atom. The Morgan fingerprint density at radius 3 is 1.38 bits per heavy atom. The Balaban J connectivity index is 1.09. The van der Waals surface area contributed by atoms with E-state index in [1.807, 2.05) is 17.0 Å². The number of anilines is 5. The summed E-state index contributed by atoms with van der Waals surface area (Å²) in [7, 11) is 4.13. The van der Waals surface area contributed by atoms with E-state index in [0.29, 0.717) is 13.1 Å². The minimum atomic E-state index is -0.0151. The number of para-hydroxylation sites is 2.